The molecule has 1 saturated heterocycles. The van der Waals surface area contributed by atoms with Crippen LogP contribution in [0.3, 0.4) is 0 Å². The number of nitrogens with one attached hydrogen (secondary N) is 2. The number of unbranched alkanes of at least 4 members (excludes halogenated alkanes) is 11. The third-order valence-corrected chi connectivity index (χ3v) is 7.68. The second kappa shape index (κ2) is 20.9. The fourth-order valence-corrected chi connectivity index (χ4v) is 4.94. The van der Waals surface area contributed by atoms with Crippen LogP contribution in [0.1, 0.15) is 131 Å². The molecule has 0 saturated carbocycles. The average Bonchev–Trinajstić information content (AvgIpc) is 2.93. The maximum atomic E-state index is 12.9. The van der Waals surface area contributed by atoms with Crippen molar-refractivity contribution in [1.82, 2.24) is 10.6 Å². The van der Waals surface area contributed by atoms with Crippen LogP contribution < -0.4 is 10.6 Å². The largest absolute Gasteiger partial charge is 0.469 e. The van der Waals surface area contributed by atoms with E-state index in [0.717, 1.165) is 25.7 Å². The SMILES string of the molecule is CCCCCCCC/C=C\CCCCCCCC(=O)NCCC(CNC(=O)C1OC(C)(C)OCC1(C)C)C(=O)OC. The van der Waals surface area contributed by atoms with Crippen molar-refractivity contribution in [3.05, 3.63) is 12.2 Å². The van der Waals surface area contributed by atoms with E-state index in [0.29, 0.717) is 26.0 Å². The van der Waals surface area contributed by atoms with Crippen molar-refractivity contribution in [3.8, 4) is 0 Å². The van der Waals surface area contributed by atoms with Crippen LogP contribution in [-0.4, -0.2) is 56.5 Å². The Labute approximate surface area is 250 Å². The van der Waals surface area contributed by atoms with Crippen LogP contribution in [0.25, 0.3) is 0 Å². The minimum Gasteiger partial charge on any atom is -0.469 e. The summed E-state index contributed by atoms with van der Waals surface area (Å²) >= 11 is 0. The minimum absolute atomic E-state index is 0.00475. The highest BCUT2D eigenvalue weighted by molar-refractivity contribution is 5.82. The molecule has 8 nitrogen and oxygen atoms in total. The average molecular weight is 581 g/mol. The number of amides is 2. The first-order valence-electron chi connectivity index (χ1n) is 16.1. The van der Waals surface area contributed by atoms with Gasteiger partial charge < -0.3 is 24.8 Å². The number of ether oxygens (including phenoxy) is 3. The summed E-state index contributed by atoms with van der Waals surface area (Å²) in [6, 6.07) is 0. The zero-order valence-corrected chi connectivity index (χ0v) is 27.0. The normalized spacial score (nSPS) is 18.6. The first-order valence-corrected chi connectivity index (χ1v) is 16.1. The Morgan fingerprint density at radius 1 is 0.878 bits per heavy atom. The lowest BCUT2D eigenvalue weighted by Gasteiger charge is -2.44. The van der Waals surface area contributed by atoms with Gasteiger partial charge in [0.05, 0.1) is 19.6 Å². The van der Waals surface area contributed by atoms with Gasteiger partial charge >= 0.3 is 5.97 Å². The van der Waals surface area contributed by atoms with E-state index >= 15 is 0 Å². The molecule has 0 bridgehead atoms. The van der Waals surface area contributed by atoms with Gasteiger partial charge in [0, 0.05) is 24.9 Å². The Bertz CT molecular complexity index is 780. The van der Waals surface area contributed by atoms with E-state index in [9.17, 15) is 14.4 Å². The van der Waals surface area contributed by atoms with E-state index in [-0.39, 0.29) is 18.4 Å². The Morgan fingerprint density at radius 3 is 2.07 bits per heavy atom. The van der Waals surface area contributed by atoms with Crippen LogP contribution >= 0.6 is 0 Å². The van der Waals surface area contributed by atoms with Gasteiger partial charge in [0.25, 0.3) is 0 Å². The molecule has 238 valence electrons. The third kappa shape index (κ3) is 16.9. The summed E-state index contributed by atoms with van der Waals surface area (Å²) in [6.07, 6.45) is 20.8. The number of methoxy groups -OCH3 is 1. The number of carbonyl (C=O) groups is 3. The van der Waals surface area contributed by atoms with Crippen molar-refractivity contribution in [2.75, 3.05) is 26.8 Å². The van der Waals surface area contributed by atoms with E-state index in [1.165, 1.54) is 64.9 Å². The smallest absolute Gasteiger partial charge is 0.310 e. The number of esters is 1. The first kappa shape index (κ1) is 37.1. The number of hydrogen-bond donors (Lipinski definition) is 2. The van der Waals surface area contributed by atoms with Crippen LogP contribution in [0.15, 0.2) is 12.2 Å². The van der Waals surface area contributed by atoms with Crippen molar-refractivity contribution >= 4 is 17.8 Å². The predicted octanol–water partition coefficient (Wildman–Crippen LogP) is 6.61. The summed E-state index contributed by atoms with van der Waals surface area (Å²) in [5, 5.41) is 5.75. The molecule has 2 unspecified atom stereocenters. The van der Waals surface area contributed by atoms with E-state index < -0.39 is 29.2 Å². The minimum atomic E-state index is -0.854. The van der Waals surface area contributed by atoms with Gasteiger partial charge in [-0.3, -0.25) is 14.4 Å². The lowest BCUT2D eigenvalue weighted by atomic mass is 9.85. The van der Waals surface area contributed by atoms with Crippen LogP contribution in [0.4, 0.5) is 0 Å². The second-order valence-electron chi connectivity index (χ2n) is 12.6. The van der Waals surface area contributed by atoms with Gasteiger partial charge in [0.1, 0.15) is 6.10 Å². The van der Waals surface area contributed by atoms with Gasteiger partial charge in [-0.15, -0.1) is 0 Å². The second-order valence-corrected chi connectivity index (χ2v) is 12.6. The zero-order chi connectivity index (χ0) is 30.6. The Kier molecular flexibility index (Phi) is 18.9. The molecule has 1 aliphatic rings. The maximum Gasteiger partial charge on any atom is 0.310 e. The van der Waals surface area contributed by atoms with Crippen LogP contribution in [0.5, 0.6) is 0 Å². The van der Waals surface area contributed by atoms with Crippen molar-refractivity contribution in [2.45, 2.75) is 143 Å². The van der Waals surface area contributed by atoms with Crippen LogP contribution in [0.2, 0.25) is 0 Å². The fraction of sp³-hybridized carbons (Fsp3) is 0.848. The van der Waals surface area contributed by atoms with Gasteiger partial charge in [-0.2, -0.15) is 0 Å². The summed E-state index contributed by atoms with van der Waals surface area (Å²) in [5.41, 5.74) is -0.502. The molecule has 0 aromatic rings. The monoisotopic (exact) mass is 580 g/mol. The summed E-state index contributed by atoms with van der Waals surface area (Å²) in [7, 11) is 1.33. The fourth-order valence-electron chi connectivity index (χ4n) is 4.94. The van der Waals surface area contributed by atoms with Crippen molar-refractivity contribution in [2.24, 2.45) is 11.3 Å². The maximum absolute atomic E-state index is 12.9. The van der Waals surface area contributed by atoms with Gasteiger partial charge in [0.2, 0.25) is 11.8 Å². The molecule has 41 heavy (non-hydrogen) atoms. The first-order chi connectivity index (χ1) is 19.5. The molecule has 0 spiro atoms. The van der Waals surface area contributed by atoms with Gasteiger partial charge in [-0.05, 0) is 52.4 Å². The molecule has 2 amide bonds. The molecular formula is C33H60N2O6. The van der Waals surface area contributed by atoms with Gasteiger partial charge in [-0.25, -0.2) is 0 Å². The van der Waals surface area contributed by atoms with Crippen LogP contribution in [-0.2, 0) is 28.6 Å². The lowest BCUT2D eigenvalue weighted by molar-refractivity contribution is -0.304. The summed E-state index contributed by atoms with van der Waals surface area (Å²) < 4.78 is 16.5. The summed E-state index contributed by atoms with van der Waals surface area (Å²) in [5.74, 6) is -2.11. The molecule has 0 aromatic carbocycles. The molecule has 1 aliphatic heterocycles. The number of carbonyl (C=O) groups excluding carboxylic acids is 3. The highest BCUT2D eigenvalue weighted by atomic mass is 16.7. The van der Waals surface area contributed by atoms with E-state index in [4.69, 9.17) is 14.2 Å². The Morgan fingerprint density at radius 2 is 1.46 bits per heavy atom. The van der Waals surface area contributed by atoms with E-state index in [2.05, 4.69) is 29.7 Å². The molecule has 1 rings (SSSR count). The number of rotatable bonds is 22. The molecule has 0 aliphatic carbocycles. The van der Waals surface area contributed by atoms with E-state index in [1.807, 2.05) is 13.8 Å². The zero-order valence-electron chi connectivity index (χ0n) is 27.0. The quantitative estimate of drug-likeness (QED) is 0.0848. The molecular weight excluding hydrogens is 520 g/mol. The Balaban J connectivity index is 2.17. The third-order valence-electron chi connectivity index (χ3n) is 7.68. The molecule has 0 radical (unpaired) electrons. The number of allylic oxidation sites excluding steroid dienone is 2. The lowest BCUT2D eigenvalue weighted by Crippen LogP contribution is -2.57. The highest BCUT2D eigenvalue weighted by Gasteiger charge is 2.45. The highest BCUT2D eigenvalue weighted by Crippen LogP contribution is 2.34. The van der Waals surface area contributed by atoms with Crippen LogP contribution in [0, 0.1) is 11.3 Å². The summed E-state index contributed by atoms with van der Waals surface area (Å²) in [4.78, 5) is 37.5. The van der Waals surface area contributed by atoms with Crippen molar-refractivity contribution in [3.63, 3.8) is 0 Å². The Hall–Kier alpha value is -1.93. The molecule has 1 heterocycles. The van der Waals surface area contributed by atoms with Crippen molar-refractivity contribution < 1.29 is 28.6 Å². The van der Waals surface area contributed by atoms with Gasteiger partial charge in [0.15, 0.2) is 5.79 Å². The van der Waals surface area contributed by atoms with E-state index in [1.54, 1.807) is 13.8 Å². The van der Waals surface area contributed by atoms with Crippen molar-refractivity contribution in [1.29, 1.82) is 0 Å². The topological polar surface area (TPSA) is 103 Å². The number of hydrogen-bond acceptors (Lipinski definition) is 6. The molecule has 2 N–H and O–H groups in total. The molecule has 1 fully saturated rings. The van der Waals surface area contributed by atoms with Gasteiger partial charge in [-0.1, -0.05) is 84.3 Å². The molecule has 0 aromatic heterocycles. The summed E-state index contributed by atoms with van der Waals surface area (Å²) in [6.45, 7) is 10.5. The standard InChI is InChI=1S/C33H60N2O6/c1-7-8-9-10-11-12-13-14-15-16-17-18-19-20-21-22-28(36)34-24-23-27(31(38)39-6)25-35-30(37)29-32(2,3)26-40-33(4,5)41-29/h14-15,27,29H,7-13,16-26H2,1-6H3,(H,34,36)(H,35,37)/b15-14-. The molecule has 8 heteroatoms. The predicted molar refractivity (Wildman–Crippen MR) is 164 cm³/mol. The molecule has 2 atom stereocenters.